The number of carbonyl (C=O) groups excluding carboxylic acids is 3. The summed E-state index contributed by atoms with van der Waals surface area (Å²) in [6.07, 6.45) is 3.37. The Morgan fingerprint density at radius 2 is 1.38 bits per heavy atom. The molecule has 1 unspecified atom stereocenters. The predicted octanol–water partition coefficient (Wildman–Crippen LogP) is 7.47. The number of ketones is 3. The van der Waals surface area contributed by atoms with Gasteiger partial charge in [-0.15, -0.1) is 0 Å². The van der Waals surface area contributed by atoms with E-state index in [-0.39, 0.29) is 86.0 Å². The molecule has 0 aliphatic rings. The summed E-state index contributed by atoms with van der Waals surface area (Å²) in [6.45, 7) is 10.5. The van der Waals surface area contributed by atoms with Crippen molar-refractivity contribution in [2.75, 3.05) is 24.2 Å². The molecule has 0 spiro atoms. The van der Waals surface area contributed by atoms with Gasteiger partial charge in [0.2, 0.25) is 10.0 Å². The second-order valence-electron chi connectivity index (χ2n) is 13.4. The first kappa shape index (κ1) is 41.7. The number of hydrogen-bond donors (Lipinski definition) is 1. The van der Waals surface area contributed by atoms with Crippen LogP contribution in [-0.4, -0.2) is 51.7 Å². The first-order valence-electron chi connectivity index (χ1n) is 16.5. The van der Waals surface area contributed by atoms with Crippen molar-refractivity contribution in [3.8, 4) is 0 Å². The van der Waals surface area contributed by atoms with Crippen molar-refractivity contribution in [3.05, 3.63) is 107 Å². The summed E-state index contributed by atoms with van der Waals surface area (Å²) in [6, 6.07) is 23.9. The van der Waals surface area contributed by atoms with Crippen LogP contribution >= 0.6 is 0 Å². The largest absolute Gasteiger partial charge is 0.336 e. The molecule has 0 aromatic heterocycles. The molecule has 1 radical (unpaired) electrons. The van der Waals surface area contributed by atoms with Crippen LogP contribution in [0.4, 0.5) is 5.69 Å². The van der Waals surface area contributed by atoms with E-state index >= 15 is 0 Å². The van der Waals surface area contributed by atoms with Crippen LogP contribution < -0.4 is 9.62 Å². The van der Waals surface area contributed by atoms with E-state index in [1.165, 1.54) is 7.05 Å². The molecule has 0 heterocycles. The molecule has 3 rings (SSSR count). The van der Waals surface area contributed by atoms with E-state index in [1.54, 1.807) is 18.2 Å². The number of nitrogens with one attached hydrogen (secondary N) is 1. The molecule has 0 fully saturated rings. The standard InChI is InChI=1S/C39H51N2O5S.Y/c1-27(2)18-19-36(42)39(28(3)4)40-26-31(21-30-14-10-8-11-15-30)22-38(44)34-23-33(24-35(25-34)41(6)47(7,45)46)37(43)20-29(5)32-16-12-9-13-17-32;/h8-17,23-25,27,29,31,39-40H,18-22,26H2,1-7H3;/q-1;/t29-,31+,39?;/m0./s1. The Morgan fingerprint density at radius 1 is 0.833 bits per heavy atom. The molecule has 7 nitrogen and oxygen atoms in total. The van der Waals surface area contributed by atoms with Crippen molar-refractivity contribution in [3.63, 3.8) is 0 Å². The van der Waals surface area contributed by atoms with Crippen LogP contribution in [0.5, 0.6) is 0 Å². The fourth-order valence-corrected chi connectivity index (χ4v) is 6.13. The molecule has 0 saturated heterocycles. The molecule has 9 heteroatoms. The summed E-state index contributed by atoms with van der Waals surface area (Å²) in [7, 11) is -2.23. The van der Waals surface area contributed by atoms with Gasteiger partial charge in [0.15, 0.2) is 11.6 Å². The zero-order chi connectivity index (χ0) is 34.7. The van der Waals surface area contributed by atoms with Crippen LogP contribution in [0.2, 0.25) is 0 Å². The maximum atomic E-state index is 14.0. The van der Waals surface area contributed by atoms with Crippen LogP contribution in [0.15, 0.2) is 78.9 Å². The molecule has 0 aliphatic carbocycles. The fraction of sp³-hybridized carbons (Fsp3) is 0.436. The molecular formula is C39H51N2O5SY-. The van der Waals surface area contributed by atoms with Crippen molar-refractivity contribution in [1.82, 2.24) is 5.32 Å². The van der Waals surface area contributed by atoms with E-state index in [4.69, 9.17) is 0 Å². The van der Waals surface area contributed by atoms with Crippen LogP contribution in [-0.2, 0) is 53.9 Å². The van der Waals surface area contributed by atoms with E-state index < -0.39 is 16.1 Å². The summed E-state index contributed by atoms with van der Waals surface area (Å²) in [5.41, 5.74) is 2.95. The Balaban J connectivity index is 0.00000800. The smallest absolute Gasteiger partial charge is 0.231 e. The Morgan fingerprint density at radius 3 is 1.90 bits per heavy atom. The number of benzene rings is 3. The third-order valence-electron chi connectivity index (χ3n) is 8.60. The number of carbonyl (C=O) groups is 3. The number of rotatable bonds is 19. The van der Waals surface area contributed by atoms with E-state index in [9.17, 15) is 22.8 Å². The molecule has 0 saturated carbocycles. The zero-order valence-corrected chi connectivity index (χ0v) is 33.2. The number of hydrogen-bond acceptors (Lipinski definition) is 6. The van der Waals surface area contributed by atoms with E-state index in [2.05, 4.69) is 19.2 Å². The average Bonchev–Trinajstić information content (AvgIpc) is 3.03. The SMILES string of the molecule is C[C-](C)C(NC[C@@H](CC(=O)c1cc(C(=O)C[C@H](C)c2ccccc2)cc(N(C)S(C)(=O)=O)c1)Cc1ccccc1)C(=O)CCC(C)C.[Y]. The summed E-state index contributed by atoms with van der Waals surface area (Å²) >= 11 is 0. The van der Waals surface area contributed by atoms with Crippen molar-refractivity contribution in [2.24, 2.45) is 11.8 Å². The van der Waals surface area contributed by atoms with Gasteiger partial charge in [0.1, 0.15) is 5.78 Å². The van der Waals surface area contributed by atoms with Gasteiger partial charge in [-0.2, -0.15) is 13.8 Å². The van der Waals surface area contributed by atoms with Gasteiger partial charge in [-0.25, -0.2) is 8.42 Å². The van der Waals surface area contributed by atoms with Crippen LogP contribution in [0, 0.1) is 17.8 Å². The minimum absolute atomic E-state index is 0. The summed E-state index contributed by atoms with van der Waals surface area (Å²) < 4.78 is 26.1. The topological polar surface area (TPSA) is 101 Å². The molecule has 48 heavy (non-hydrogen) atoms. The molecule has 0 bridgehead atoms. The van der Waals surface area contributed by atoms with E-state index in [0.29, 0.717) is 30.9 Å². The van der Waals surface area contributed by atoms with Crippen LogP contribution in [0.1, 0.15) is 98.1 Å². The van der Waals surface area contributed by atoms with Gasteiger partial charge >= 0.3 is 0 Å². The Kier molecular flexibility index (Phi) is 17.0. The Hall–Kier alpha value is -2.52. The second-order valence-corrected chi connectivity index (χ2v) is 15.5. The van der Waals surface area contributed by atoms with Crippen molar-refractivity contribution in [1.29, 1.82) is 0 Å². The third-order valence-corrected chi connectivity index (χ3v) is 9.81. The molecule has 0 aliphatic heterocycles. The van der Waals surface area contributed by atoms with Gasteiger partial charge < -0.3 is 10.1 Å². The first-order valence-corrected chi connectivity index (χ1v) is 18.3. The molecule has 0 amide bonds. The molecule has 3 aromatic carbocycles. The van der Waals surface area contributed by atoms with Crippen LogP contribution in [0.25, 0.3) is 0 Å². The fourth-order valence-electron chi connectivity index (χ4n) is 5.65. The van der Waals surface area contributed by atoms with E-state index in [1.807, 2.05) is 81.4 Å². The van der Waals surface area contributed by atoms with Gasteiger partial charge in [0.05, 0.1) is 11.9 Å². The average molecular weight is 749 g/mol. The zero-order valence-electron chi connectivity index (χ0n) is 29.5. The Labute approximate surface area is 313 Å². The normalized spacial score (nSPS) is 13.4. The van der Waals surface area contributed by atoms with Gasteiger partial charge in [-0.05, 0) is 66.5 Å². The van der Waals surface area contributed by atoms with Crippen molar-refractivity contribution in [2.45, 2.75) is 78.7 Å². The minimum atomic E-state index is -3.65. The van der Waals surface area contributed by atoms with Gasteiger partial charge in [-0.3, -0.25) is 19.8 Å². The molecule has 1 N–H and O–H groups in total. The van der Waals surface area contributed by atoms with Gasteiger partial charge in [0.25, 0.3) is 0 Å². The monoisotopic (exact) mass is 748 g/mol. The summed E-state index contributed by atoms with van der Waals surface area (Å²) in [4.78, 5) is 40.7. The van der Waals surface area contributed by atoms with Crippen LogP contribution in [0.3, 0.4) is 0 Å². The van der Waals surface area contributed by atoms with Gasteiger partial charge in [0, 0.05) is 70.1 Å². The van der Waals surface area contributed by atoms with Crippen molar-refractivity contribution < 1.29 is 55.5 Å². The predicted molar refractivity (Wildman–Crippen MR) is 192 cm³/mol. The molecule has 3 atom stereocenters. The number of Topliss-reactive ketones (excluding diaryl/α,β-unsaturated/α-hetero) is 3. The number of sulfonamides is 1. The summed E-state index contributed by atoms with van der Waals surface area (Å²) in [5, 5.41) is 3.46. The third kappa shape index (κ3) is 13.1. The minimum Gasteiger partial charge on any atom is -0.336 e. The quantitative estimate of drug-likeness (QED) is 0.101. The van der Waals surface area contributed by atoms with E-state index in [0.717, 1.165) is 34.0 Å². The maximum Gasteiger partial charge on any atom is 0.231 e. The first-order chi connectivity index (χ1) is 22.1. The molecule has 257 valence electrons. The second kappa shape index (κ2) is 19.6. The van der Waals surface area contributed by atoms with Crippen molar-refractivity contribution >= 4 is 33.1 Å². The van der Waals surface area contributed by atoms with Gasteiger partial charge in [-0.1, -0.05) is 87.5 Å². The number of anilines is 1. The molecular weight excluding hydrogens is 697 g/mol. The Bertz CT molecular complexity index is 1590. The summed E-state index contributed by atoms with van der Waals surface area (Å²) in [5.74, 6) is 0.977. The molecule has 3 aromatic rings. The maximum absolute atomic E-state index is 14.0. The number of nitrogens with zero attached hydrogens (tertiary/aromatic N) is 1.